The van der Waals surface area contributed by atoms with Crippen molar-refractivity contribution in [3.63, 3.8) is 0 Å². The number of halogens is 1. The van der Waals surface area contributed by atoms with Crippen LogP contribution in [-0.4, -0.2) is 48.1 Å². The van der Waals surface area contributed by atoms with Crippen LogP contribution in [0.2, 0.25) is 5.02 Å². The zero-order chi connectivity index (χ0) is 14.9. The van der Waals surface area contributed by atoms with E-state index in [1.165, 1.54) is 5.56 Å². The lowest BCUT2D eigenvalue weighted by Gasteiger charge is -2.46. The van der Waals surface area contributed by atoms with E-state index in [0.717, 1.165) is 18.1 Å². The summed E-state index contributed by atoms with van der Waals surface area (Å²) in [6.45, 7) is 8.72. The van der Waals surface area contributed by atoms with Gasteiger partial charge in [0.25, 0.3) is 0 Å². The summed E-state index contributed by atoms with van der Waals surface area (Å²) in [5.74, 6) is 0. The first kappa shape index (κ1) is 15.8. The molecule has 112 valence electrons. The Balaban J connectivity index is 2.25. The molecule has 1 aromatic rings. The van der Waals surface area contributed by atoms with Gasteiger partial charge >= 0.3 is 0 Å². The van der Waals surface area contributed by atoms with E-state index < -0.39 is 0 Å². The van der Waals surface area contributed by atoms with Gasteiger partial charge in [0, 0.05) is 42.3 Å². The van der Waals surface area contributed by atoms with E-state index >= 15 is 0 Å². The summed E-state index contributed by atoms with van der Waals surface area (Å²) in [5.41, 5.74) is 7.50. The minimum absolute atomic E-state index is 0.0799. The monoisotopic (exact) mass is 295 g/mol. The van der Waals surface area contributed by atoms with Crippen molar-refractivity contribution in [1.29, 1.82) is 0 Å². The number of hydrogen-bond acceptors (Lipinski definition) is 3. The Morgan fingerprint density at radius 2 is 1.85 bits per heavy atom. The normalized spacial score (nSPS) is 28.3. The fraction of sp³-hybridized carbons (Fsp3) is 0.625. The number of nitrogens with two attached hydrogens (primary N) is 1. The molecule has 0 radical (unpaired) electrons. The predicted octanol–water partition coefficient (Wildman–Crippen LogP) is 2.75. The van der Waals surface area contributed by atoms with E-state index in [9.17, 15) is 0 Å². The molecule has 0 spiro atoms. The van der Waals surface area contributed by atoms with Crippen LogP contribution in [0.4, 0.5) is 0 Å². The van der Waals surface area contributed by atoms with E-state index in [0.29, 0.717) is 12.1 Å². The van der Waals surface area contributed by atoms with Gasteiger partial charge in [-0.1, -0.05) is 23.7 Å². The molecule has 0 bridgehead atoms. The molecular formula is C16H26ClN3. The van der Waals surface area contributed by atoms with Gasteiger partial charge in [0.15, 0.2) is 0 Å². The van der Waals surface area contributed by atoms with Gasteiger partial charge in [0.1, 0.15) is 0 Å². The van der Waals surface area contributed by atoms with Crippen molar-refractivity contribution in [2.45, 2.75) is 44.9 Å². The van der Waals surface area contributed by atoms with Crippen LogP contribution in [0.1, 0.15) is 32.4 Å². The molecule has 1 aliphatic heterocycles. The Morgan fingerprint density at radius 3 is 2.35 bits per heavy atom. The molecule has 1 aromatic carbocycles. The van der Waals surface area contributed by atoms with Gasteiger partial charge in [-0.25, -0.2) is 0 Å². The van der Waals surface area contributed by atoms with Gasteiger partial charge in [0.05, 0.1) is 0 Å². The number of piperazine rings is 1. The lowest BCUT2D eigenvalue weighted by Crippen LogP contribution is -2.57. The summed E-state index contributed by atoms with van der Waals surface area (Å²) in [4.78, 5) is 4.94. The standard InChI is InChI=1S/C16H26ClN3/c1-11-9-20(10-12(2)19(11)4)16(13(3)18)14-6-5-7-15(17)8-14/h5-8,11-13,16H,9-10,18H2,1-4H3. The van der Waals surface area contributed by atoms with Crippen molar-refractivity contribution < 1.29 is 0 Å². The van der Waals surface area contributed by atoms with Crippen LogP contribution >= 0.6 is 11.6 Å². The van der Waals surface area contributed by atoms with E-state index in [2.05, 4.69) is 43.7 Å². The Bertz CT molecular complexity index is 437. The summed E-state index contributed by atoms with van der Waals surface area (Å²) in [5, 5.41) is 0.781. The molecule has 2 rings (SSSR count). The molecule has 20 heavy (non-hydrogen) atoms. The summed E-state index contributed by atoms with van der Waals surface area (Å²) >= 11 is 6.15. The topological polar surface area (TPSA) is 32.5 Å². The highest BCUT2D eigenvalue weighted by atomic mass is 35.5. The quantitative estimate of drug-likeness (QED) is 0.931. The van der Waals surface area contributed by atoms with Gasteiger partial charge in [-0.15, -0.1) is 0 Å². The molecule has 2 N–H and O–H groups in total. The van der Waals surface area contributed by atoms with Crippen LogP contribution in [0, 0.1) is 0 Å². The molecular weight excluding hydrogens is 270 g/mol. The Hall–Kier alpha value is -0.610. The Labute approximate surface area is 127 Å². The van der Waals surface area contributed by atoms with Gasteiger partial charge in [0.2, 0.25) is 0 Å². The average molecular weight is 296 g/mol. The fourth-order valence-electron chi connectivity index (χ4n) is 3.21. The maximum Gasteiger partial charge on any atom is 0.0498 e. The third-order valence-corrected chi connectivity index (χ3v) is 4.70. The molecule has 4 heteroatoms. The van der Waals surface area contributed by atoms with E-state index in [4.69, 9.17) is 17.3 Å². The third-order valence-electron chi connectivity index (χ3n) is 4.47. The largest absolute Gasteiger partial charge is 0.326 e. The minimum Gasteiger partial charge on any atom is -0.326 e. The molecule has 3 nitrogen and oxygen atoms in total. The molecule has 1 aliphatic rings. The number of hydrogen-bond donors (Lipinski definition) is 1. The zero-order valence-corrected chi connectivity index (χ0v) is 13.6. The molecule has 4 unspecified atom stereocenters. The van der Waals surface area contributed by atoms with Crippen molar-refractivity contribution >= 4 is 11.6 Å². The highest BCUT2D eigenvalue weighted by Crippen LogP contribution is 2.29. The second-order valence-corrected chi connectivity index (χ2v) is 6.61. The van der Waals surface area contributed by atoms with Crippen LogP contribution in [0.15, 0.2) is 24.3 Å². The smallest absolute Gasteiger partial charge is 0.0498 e. The summed E-state index contributed by atoms with van der Waals surface area (Å²) in [6, 6.07) is 9.49. The SMILES string of the molecule is CC(N)C(c1cccc(Cl)c1)N1CC(C)N(C)C(C)C1. The predicted molar refractivity (Wildman–Crippen MR) is 86.1 cm³/mol. The molecule has 0 aromatic heterocycles. The van der Waals surface area contributed by atoms with E-state index in [1.54, 1.807) is 0 Å². The Morgan fingerprint density at radius 1 is 1.25 bits per heavy atom. The maximum atomic E-state index is 6.28. The van der Waals surface area contributed by atoms with Crippen LogP contribution in [0.25, 0.3) is 0 Å². The molecule has 0 saturated carbocycles. The summed E-state index contributed by atoms with van der Waals surface area (Å²) in [6.07, 6.45) is 0. The highest BCUT2D eigenvalue weighted by molar-refractivity contribution is 6.30. The van der Waals surface area contributed by atoms with E-state index in [1.807, 2.05) is 18.2 Å². The van der Waals surface area contributed by atoms with Gasteiger partial charge < -0.3 is 5.73 Å². The minimum atomic E-state index is 0.0799. The number of benzene rings is 1. The molecule has 0 amide bonds. The molecule has 1 heterocycles. The fourth-order valence-corrected chi connectivity index (χ4v) is 3.41. The molecule has 4 atom stereocenters. The van der Waals surface area contributed by atoms with Gasteiger partial charge in [-0.05, 0) is 45.5 Å². The number of rotatable bonds is 3. The second-order valence-electron chi connectivity index (χ2n) is 6.18. The maximum absolute atomic E-state index is 6.28. The highest BCUT2D eigenvalue weighted by Gasteiger charge is 2.33. The number of likely N-dealkylation sites (N-methyl/N-ethyl adjacent to an activating group) is 1. The summed E-state index contributed by atoms with van der Waals surface area (Å²) < 4.78 is 0. The van der Waals surface area contributed by atoms with Crippen LogP contribution < -0.4 is 5.73 Å². The number of nitrogens with zero attached hydrogens (tertiary/aromatic N) is 2. The molecule has 1 fully saturated rings. The second kappa shape index (κ2) is 6.44. The van der Waals surface area contributed by atoms with Crippen LogP contribution in [-0.2, 0) is 0 Å². The molecule has 1 saturated heterocycles. The van der Waals surface area contributed by atoms with Gasteiger partial charge in [-0.2, -0.15) is 0 Å². The van der Waals surface area contributed by atoms with Crippen LogP contribution in [0.3, 0.4) is 0 Å². The van der Waals surface area contributed by atoms with Crippen molar-refractivity contribution in [2.24, 2.45) is 5.73 Å². The average Bonchev–Trinajstić information content (AvgIpc) is 2.35. The van der Waals surface area contributed by atoms with E-state index in [-0.39, 0.29) is 12.1 Å². The first-order valence-electron chi connectivity index (χ1n) is 7.37. The van der Waals surface area contributed by atoms with Crippen molar-refractivity contribution in [1.82, 2.24) is 9.80 Å². The van der Waals surface area contributed by atoms with Gasteiger partial charge in [-0.3, -0.25) is 9.80 Å². The van der Waals surface area contributed by atoms with Crippen molar-refractivity contribution in [3.05, 3.63) is 34.9 Å². The van der Waals surface area contributed by atoms with Crippen molar-refractivity contribution in [3.8, 4) is 0 Å². The third kappa shape index (κ3) is 3.34. The lowest BCUT2D eigenvalue weighted by molar-refractivity contribution is 0.0274. The molecule has 0 aliphatic carbocycles. The lowest BCUT2D eigenvalue weighted by atomic mass is 9.96. The van der Waals surface area contributed by atoms with Crippen molar-refractivity contribution in [2.75, 3.05) is 20.1 Å². The Kier molecular flexibility index (Phi) is 5.08. The van der Waals surface area contributed by atoms with Crippen LogP contribution in [0.5, 0.6) is 0 Å². The first-order valence-corrected chi connectivity index (χ1v) is 7.75. The zero-order valence-electron chi connectivity index (χ0n) is 12.9. The summed E-state index contributed by atoms with van der Waals surface area (Å²) in [7, 11) is 2.20. The first-order chi connectivity index (χ1) is 9.40.